The molecule has 0 atom stereocenters. The zero-order chi connectivity index (χ0) is 18.4. The van der Waals surface area contributed by atoms with Crippen molar-refractivity contribution in [2.45, 2.75) is 0 Å². The summed E-state index contributed by atoms with van der Waals surface area (Å²) in [6.45, 7) is 0. The van der Waals surface area contributed by atoms with Gasteiger partial charge in [0, 0.05) is 16.8 Å². The summed E-state index contributed by atoms with van der Waals surface area (Å²) >= 11 is 0. The Morgan fingerprint density at radius 1 is 0.654 bits per heavy atom. The summed E-state index contributed by atoms with van der Waals surface area (Å²) in [7, 11) is 0. The number of ether oxygens (including phenoxy) is 1. The van der Waals surface area contributed by atoms with Crippen molar-refractivity contribution < 1.29 is 30.3 Å². The minimum Gasteiger partial charge on any atom is -0.872 e. The van der Waals surface area contributed by atoms with E-state index < -0.39 is 5.75 Å². The zero-order valence-corrected chi connectivity index (χ0v) is 13.3. The Hall–Kier alpha value is -3.80. The molecule has 26 heavy (non-hydrogen) atoms. The standard InChI is InChI=1S/C20H14O6/c21-12-5-1-3-10-16(8-7-14(23)18(10)12)26-17-9-15(24)19-11(20(17)25)4-2-6-13(19)22/h1-9,21-25H/p-2. The number of phenolic OH excluding ortho intramolecular Hbond substituents is 3. The van der Waals surface area contributed by atoms with E-state index in [4.69, 9.17) is 4.74 Å². The highest BCUT2D eigenvalue weighted by Gasteiger charge is 2.13. The first kappa shape index (κ1) is 15.7. The first-order chi connectivity index (χ1) is 12.5. The molecule has 4 aromatic carbocycles. The molecule has 6 heteroatoms. The molecule has 0 bridgehead atoms. The Balaban J connectivity index is 1.92. The number of rotatable bonds is 2. The van der Waals surface area contributed by atoms with Gasteiger partial charge in [0.15, 0.2) is 0 Å². The lowest BCUT2D eigenvalue weighted by molar-refractivity contribution is -0.267. The molecule has 0 aliphatic heterocycles. The Kier molecular flexibility index (Phi) is 3.40. The number of hydrogen-bond donors (Lipinski definition) is 3. The summed E-state index contributed by atoms with van der Waals surface area (Å²) < 4.78 is 5.66. The van der Waals surface area contributed by atoms with E-state index in [1.807, 2.05) is 0 Å². The second kappa shape index (κ2) is 5.63. The summed E-state index contributed by atoms with van der Waals surface area (Å²) in [4.78, 5) is 0. The van der Waals surface area contributed by atoms with Crippen molar-refractivity contribution in [2.24, 2.45) is 0 Å². The van der Waals surface area contributed by atoms with E-state index in [1.54, 1.807) is 12.1 Å². The third kappa shape index (κ3) is 2.28. The number of fused-ring (bicyclic) bond motifs is 2. The summed E-state index contributed by atoms with van der Waals surface area (Å²) in [6.07, 6.45) is 0. The molecule has 6 nitrogen and oxygen atoms in total. The molecule has 0 aromatic heterocycles. The van der Waals surface area contributed by atoms with Crippen LogP contribution in [0.1, 0.15) is 0 Å². The van der Waals surface area contributed by atoms with Gasteiger partial charge in [-0.3, -0.25) is 0 Å². The van der Waals surface area contributed by atoms with Crippen LogP contribution in [-0.2, 0) is 0 Å². The average Bonchev–Trinajstić information content (AvgIpc) is 2.61. The quantitative estimate of drug-likeness (QED) is 0.513. The van der Waals surface area contributed by atoms with Gasteiger partial charge in [0.2, 0.25) is 0 Å². The van der Waals surface area contributed by atoms with Gasteiger partial charge in [-0.2, -0.15) is 0 Å². The van der Waals surface area contributed by atoms with E-state index in [2.05, 4.69) is 0 Å². The molecule has 0 spiro atoms. The van der Waals surface area contributed by atoms with Crippen LogP contribution in [0.3, 0.4) is 0 Å². The van der Waals surface area contributed by atoms with Crippen molar-refractivity contribution in [3.05, 3.63) is 54.6 Å². The molecule has 0 saturated heterocycles. The average molecular weight is 348 g/mol. The largest absolute Gasteiger partial charge is 0.872 e. The number of hydrogen-bond acceptors (Lipinski definition) is 6. The van der Waals surface area contributed by atoms with Gasteiger partial charge in [-0.25, -0.2) is 0 Å². The fraction of sp³-hybridized carbons (Fsp3) is 0. The van der Waals surface area contributed by atoms with Crippen molar-refractivity contribution >= 4 is 21.5 Å². The Labute approximate surface area is 147 Å². The summed E-state index contributed by atoms with van der Waals surface area (Å²) in [5.74, 6) is -1.58. The van der Waals surface area contributed by atoms with Gasteiger partial charge in [-0.05, 0) is 23.6 Å². The number of phenols is 3. The van der Waals surface area contributed by atoms with Crippen molar-refractivity contribution in [2.75, 3.05) is 0 Å². The van der Waals surface area contributed by atoms with Gasteiger partial charge >= 0.3 is 0 Å². The van der Waals surface area contributed by atoms with Crippen LogP contribution in [0, 0.1) is 0 Å². The summed E-state index contributed by atoms with van der Waals surface area (Å²) in [5.41, 5.74) is 0. The molecule has 0 aliphatic rings. The van der Waals surface area contributed by atoms with Gasteiger partial charge in [-0.15, -0.1) is 0 Å². The highest BCUT2D eigenvalue weighted by atomic mass is 16.5. The van der Waals surface area contributed by atoms with Crippen molar-refractivity contribution in [3.63, 3.8) is 0 Å². The Bertz CT molecular complexity index is 1160. The van der Waals surface area contributed by atoms with Crippen LogP contribution in [0.2, 0.25) is 0 Å². The molecule has 0 saturated carbocycles. The Morgan fingerprint density at radius 2 is 1.31 bits per heavy atom. The fourth-order valence-electron chi connectivity index (χ4n) is 3.01. The highest BCUT2D eigenvalue weighted by Crippen LogP contribution is 2.45. The fourth-order valence-corrected chi connectivity index (χ4v) is 3.01. The van der Waals surface area contributed by atoms with E-state index in [0.29, 0.717) is 5.39 Å². The normalized spacial score (nSPS) is 11.1. The minimum absolute atomic E-state index is 0.0438. The van der Waals surface area contributed by atoms with E-state index in [1.165, 1.54) is 36.4 Å². The summed E-state index contributed by atoms with van der Waals surface area (Å²) in [6, 6.07) is 12.6. The molecule has 4 rings (SSSR count). The van der Waals surface area contributed by atoms with Crippen molar-refractivity contribution in [3.8, 4) is 40.2 Å². The van der Waals surface area contributed by atoms with Crippen LogP contribution in [0.5, 0.6) is 40.2 Å². The lowest BCUT2D eigenvalue weighted by Crippen LogP contribution is -1.98. The first-order valence-corrected chi connectivity index (χ1v) is 7.71. The monoisotopic (exact) mass is 348 g/mol. The molecule has 0 heterocycles. The predicted octanol–water partition coefficient (Wildman–Crippen LogP) is 3.05. The molecule has 0 unspecified atom stereocenters. The van der Waals surface area contributed by atoms with Crippen molar-refractivity contribution in [1.82, 2.24) is 0 Å². The third-order valence-electron chi connectivity index (χ3n) is 4.20. The van der Waals surface area contributed by atoms with E-state index in [9.17, 15) is 25.5 Å². The molecule has 4 aromatic rings. The smallest absolute Gasteiger partial charge is 0.135 e. The van der Waals surface area contributed by atoms with Gasteiger partial charge in [0.25, 0.3) is 0 Å². The molecule has 0 radical (unpaired) electrons. The van der Waals surface area contributed by atoms with E-state index >= 15 is 0 Å². The van der Waals surface area contributed by atoms with E-state index in [-0.39, 0.29) is 50.7 Å². The van der Waals surface area contributed by atoms with Gasteiger partial charge < -0.3 is 30.3 Å². The van der Waals surface area contributed by atoms with Crippen LogP contribution in [0.25, 0.3) is 21.5 Å². The van der Waals surface area contributed by atoms with Crippen LogP contribution in [0.4, 0.5) is 0 Å². The molecule has 0 amide bonds. The predicted molar refractivity (Wildman–Crippen MR) is 91.9 cm³/mol. The maximum Gasteiger partial charge on any atom is 0.135 e. The molecular formula is C20H12O6-2. The zero-order valence-electron chi connectivity index (χ0n) is 13.3. The molecular weight excluding hydrogens is 336 g/mol. The maximum atomic E-state index is 12.6. The topological polar surface area (TPSA) is 116 Å². The van der Waals surface area contributed by atoms with Crippen LogP contribution >= 0.6 is 0 Å². The minimum atomic E-state index is -0.520. The summed E-state index contributed by atoms with van der Waals surface area (Å²) in [5, 5.41) is 55.2. The molecule has 130 valence electrons. The molecule has 0 aliphatic carbocycles. The number of benzene rings is 4. The third-order valence-corrected chi connectivity index (χ3v) is 4.20. The lowest BCUT2D eigenvalue weighted by atomic mass is 10.1. The van der Waals surface area contributed by atoms with E-state index in [0.717, 1.165) is 6.07 Å². The highest BCUT2D eigenvalue weighted by molar-refractivity contribution is 6.00. The second-order valence-corrected chi connectivity index (χ2v) is 5.79. The second-order valence-electron chi connectivity index (χ2n) is 5.79. The first-order valence-electron chi connectivity index (χ1n) is 7.71. The Morgan fingerprint density at radius 3 is 2.04 bits per heavy atom. The van der Waals surface area contributed by atoms with Crippen molar-refractivity contribution in [1.29, 1.82) is 0 Å². The van der Waals surface area contributed by atoms with Gasteiger partial charge in [-0.1, -0.05) is 41.8 Å². The SMILES string of the molecule is [O-]c1c(Oc2ccc([O-])c3c(O)cccc23)cc(O)c2c(O)cccc12. The molecule has 0 fully saturated rings. The maximum absolute atomic E-state index is 12.6. The number of aromatic hydroxyl groups is 3. The van der Waals surface area contributed by atoms with Gasteiger partial charge in [0.1, 0.15) is 28.7 Å². The molecule has 3 N–H and O–H groups in total. The van der Waals surface area contributed by atoms with Crippen LogP contribution in [-0.4, -0.2) is 15.3 Å². The lowest BCUT2D eigenvalue weighted by Gasteiger charge is -2.21. The van der Waals surface area contributed by atoms with Crippen LogP contribution < -0.4 is 14.9 Å². The van der Waals surface area contributed by atoms with Crippen LogP contribution in [0.15, 0.2) is 54.6 Å². The van der Waals surface area contributed by atoms with Gasteiger partial charge in [0.05, 0.1) is 5.39 Å².